The maximum Gasteiger partial charge on any atom is 0.410 e. The Morgan fingerprint density at radius 2 is 2.04 bits per heavy atom. The molecule has 2 fully saturated rings. The normalized spacial score (nSPS) is 22.9. The van der Waals surface area contributed by atoms with Gasteiger partial charge in [-0.3, -0.25) is 14.2 Å². The lowest BCUT2D eigenvalue weighted by atomic mass is 9.95. The van der Waals surface area contributed by atoms with Crippen LogP contribution in [0, 0.1) is 0 Å². The van der Waals surface area contributed by atoms with E-state index in [0.29, 0.717) is 37.1 Å². The van der Waals surface area contributed by atoms with Crippen molar-refractivity contribution < 1.29 is 14.3 Å². The summed E-state index contributed by atoms with van der Waals surface area (Å²) in [7, 11) is 1.73. The van der Waals surface area contributed by atoms with Crippen molar-refractivity contribution in [2.24, 2.45) is 0 Å². The van der Waals surface area contributed by atoms with Gasteiger partial charge in [0.1, 0.15) is 12.1 Å². The fourth-order valence-corrected chi connectivity index (χ4v) is 3.98. The van der Waals surface area contributed by atoms with E-state index in [0.717, 1.165) is 12.8 Å². The fourth-order valence-electron chi connectivity index (χ4n) is 3.98. The first kappa shape index (κ1) is 17.5. The number of carbonyl (C=O) groups excluding carboxylic acids is 2. The summed E-state index contributed by atoms with van der Waals surface area (Å²) < 4.78 is 7.06. The number of rotatable bonds is 2. The average molecular weight is 370 g/mol. The summed E-state index contributed by atoms with van der Waals surface area (Å²) in [4.78, 5) is 44.4. The number of likely N-dealkylation sites (tertiary alicyclic amines) is 1. The van der Waals surface area contributed by atoms with Crippen LogP contribution in [0.15, 0.2) is 35.3 Å². The minimum Gasteiger partial charge on any atom is -0.441 e. The van der Waals surface area contributed by atoms with Crippen molar-refractivity contribution >= 4 is 23.0 Å². The summed E-state index contributed by atoms with van der Waals surface area (Å²) in [6.07, 6.45) is 3.07. The standard InChI is InChI=1S/C19H22N4O4/c1-21-13-19(27-18(21)26)7-4-9-22(10-8-19)17(25)12-23-15-6-3-2-5-14(15)20-11-16(23)24/h2-3,5-6,11H,4,7-10,12-13H2,1H3/t19-/m1/s1. The van der Waals surface area contributed by atoms with Crippen LogP contribution in [0.25, 0.3) is 11.0 Å². The highest BCUT2D eigenvalue weighted by molar-refractivity contribution is 5.80. The van der Waals surface area contributed by atoms with Crippen LogP contribution in [-0.2, 0) is 16.1 Å². The number of hydrogen-bond acceptors (Lipinski definition) is 5. The van der Waals surface area contributed by atoms with E-state index in [1.54, 1.807) is 22.9 Å². The number of fused-ring (bicyclic) bond motifs is 1. The van der Waals surface area contributed by atoms with Crippen LogP contribution in [0.2, 0.25) is 0 Å². The largest absolute Gasteiger partial charge is 0.441 e. The molecular weight excluding hydrogens is 348 g/mol. The molecule has 1 aromatic carbocycles. The molecule has 0 N–H and O–H groups in total. The van der Waals surface area contributed by atoms with Crippen LogP contribution < -0.4 is 5.56 Å². The summed E-state index contributed by atoms with van der Waals surface area (Å²) in [6.45, 7) is 1.65. The molecule has 2 amide bonds. The molecule has 2 aliphatic rings. The quantitative estimate of drug-likeness (QED) is 0.794. The van der Waals surface area contributed by atoms with Crippen molar-refractivity contribution in [3.8, 4) is 0 Å². The molecule has 1 aromatic heterocycles. The number of benzene rings is 1. The first-order chi connectivity index (χ1) is 13.0. The highest BCUT2D eigenvalue weighted by Crippen LogP contribution is 2.32. The summed E-state index contributed by atoms with van der Waals surface area (Å²) >= 11 is 0. The third-order valence-corrected chi connectivity index (χ3v) is 5.44. The molecule has 27 heavy (non-hydrogen) atoms. The lowest BCUT2D eigenvalue weighted by molar-refractivity contribution is -0.131. The van der Waals surface area contributed by atoms with E-state index in [9.17, 15) is 14.4 Å². The van der Waals surface area contributed by atoms with Gasteiger partial charge >= 0.3 is 6.09 Å². The Bertz CT molecular complexity index is 956. The molecule has 8 heteroatoms. The van der Waals surface area contributed by atoms with E-state index < -0.39 is 5.60 Å². The molecule has 2 aliphatic heterocycles. The number of aromatic nitrogens is 2. The van der Waals surface area contributed by atoms with Crippen molar-refractivity contribution in [1.29, 1.82) is 0 Å². The number of para-hydroxylation sites is 2. The van der Waals surface area contributed by atoms with Crippen molar-refractivity contribution in [3.05, 3.63) is 40.8 Å². The number of likely N-dealkylation sites (N-methyl/N-ethyl adjacent to an activating group) is 1. The van der Waals surface area contributed by atoms with E-state index in [-0.39, 0.29) is 24.1 Å². The first-order valence-corrected chi connectivity index (χ1v) is 9.14. The molecule has 8 nitrogen and oxygen atoms in total. The van der Waals surface area contributed by atoms with Gasteiger partial charge in [-0.25, -0.2) is 9.78 Å². The summed E-state index contributed by atoms with van der Waals surface area (Å²) in [5.74, 6) is -0.108. The second-order valence-electron chi connectivity index (χ2n) is 7.31. The second kappa shape index (κ2) is 6.68. The maximum atomic E-state index is 12.9. The lowest BCUT2D eigenvalue weighted by Crippen LogP contribution is -2.39. The molecule has 2 saturated heterocycles. The van der Waals surface area contributed by atoms with Crippen molar-refractivity contribution in [2.45, 2.75) is 31.4 Å². The third-order valence-electron chi connectivity index (χ3n) is 5.44. The van der Waals surface area contributed by atoms with Gasteiger partial charge in [0.2, 0.25) is 5.91 Å². The van der Waals surface area contributed by atoms with Crippen LogP contribution in [0.4, 0.5) is 4.79 Å². The molecule has 0 saturated carbocycles. The van der Waals surface area contributed by atoms with Crippen molar-refractivity contribution in [1.82, 2.24) is 19.4 Å². The van der Waals surface area contributed by atoms with Gasteiger partial charge in [-0.15, -0.1) is 0 Å². The summed E-state index contributed by atoms with van der Waals surface area (Å²) in [5.41, 5.74) is 0.539. The zero-order valence-electron chi connectivity index (χ0n) is 15.3. The SMILES string of the molecule is CN1C[C@]2(CCCN(C(=O)Cn3c(=O)cnc4ccccc43)CC2)OC1=O. The highest BCUT2D eigenvalue weighted by Gasteiger charge is 2.44. The molecule has 4 rings (SSSR count). The zero-order chi connectivity index (χ0) is 19.0. The first-order valence-electron chi connectivity index (χ1n) is 9.14. The van der Waals surface area contributed by atoms with E-state index in [2.05, 4.69) is 4.98 Å². The molecule has 0 aliphatic carbocycles. The van der Waals surface area contributed by atoms with Crippen LogP contribution >= 0.6 is 0 Å². The van der Waals surface area contributed by atoms with E-state index in [1.807, 2.05) is 18.2 Å². The number of ether oxygens (including phenoxy) is 1. The molecule has 2 aromatic rings. The van der Waals surface area contributed by atoms with Gasteiger partial charge < -0.3 is 14.5 Å². The Balaban J connectivity index is 1.51. The molecule has 0 unspecified atom stereocenters. The molecule has 142 valence electrons. The third kappa shape index (κ3) is 3.27. The van der Waals surface area contributed by atoms with Gasteiger partial charge in [0, 0.05) is 26.6 Å². The Kier molecular flexibility index (Phi) is 4.33. The molecule has 1 atom stereocenters. The van der Waals surface area contributed by atoms with Gasteiger partial charge in [0.15, 0.2) is 0 Å². The highest BCUT2D eigenvalue weighted by atomic mass is 16.6. The Labute approximate surface area is 156 Å². The van der Waals surface area contributed by atoms with E-state index in [1.165, 1.54) is 10.8 Å². The topological polar surface area (TPSA) is 84.7 Å². The molecular formula is C19H22N4O4. The average Bonchev–Trinajstić information content (AvgIpc) is 2.81. The Morgan fingerprint density at radius 3 is 2.81 bits per heavy atom. The van der Waals surface area contributed by atoms with Gasteiger partial charge in [-0.05, 0) is 25.0 Å². The van der Waals surface area contributed by atoms with Gasteiger partial charge in [0.25, 0.3) is 5.56 Å². The van der Waals surface area contributed by atoms with Gasteiger partial charge in [0.05, 0.1) is 23.8 Å². The second-order valence-corrected chi connectivity index (χ2v) is 7.31. The molecule has 0 radical (unpaired) electrons. The van der Waals surface area contributed by atoms with E-state index >= 15 is 0 Å². The predicted molar refractivity (Wildman–Crippen MR) is 98.3 cm³/mol. The van der Waals surface area contributed by atoms with Crippen LogP contribution in [-0.4, -0.2) is 63.6 Å². The van der Waals surface area contributed by atoms with Crippen molar-refractivity contribution in [2.75, 3.05) is 26.7 Å². The van der Waals surface area contributed by atoms with Crippen molar-refractivity contribution in [3.63, 3.8) is 0 Å². The lowest BCUT2D eigenvalue weighted by Gasteiger charge is -2.25. The Morgan fingerprint density at radius 1 is 1.22 bits per heavy atom. The minimum atomic E-state index is -0.499. The van der Waals surface area contributed by atoms with Crippen LogP contribution in [0.5, 0.6) is 0 Å². The van der Waals surface area contributed by atoms with Gasteiger partial charge in [-0.1, -0.05) is 12.1 Å². The number of carbonyl (C=O) groups is 2. The smallest absolute Gasteiger partial charge is 0.410 e. The molecule has 1 spiro atoms. The Hall–Kier alpha value is -2.90. The molecule has 3 heterocycles. The maximum absolute atomic E-state index is 12.9. The van der Waals surface area contributed by atoms with Crippen LogP contribution in [0.1, 0.15) is 19.3 Å². The zero-order valence-corrected chi connectivity index (χ0v) is 15.3. The van der Waals surface area contributed by atoms with Crippen LogP contribution in [0.3, 0.4) is 0 Å². The summed E-state index contributed by atoms with van der Waals surface area (Å²) in [5, 5.41) is 0. The minimum absolute atomic E-state index is 0.0193. The van der Waals surface area contributed by atoms with Gasteiger partial charge in [-0.2, -0.15) is 0 Å². The number of hydrogen-bond donors (Lipinski definition) is 0. The molecule has 0 bridgehead atoms. The number of amides is 2. The van der Waals surface area contributed by atoms with E-state index in [4.69, 9.17) is 4.74 Å². The monoisotopic (exact) mass is 370 g/mol. The predicted octanol–water partition coefficient (Wildman–Crippen LogP) is 1.23. The fraction of sp³-hybridized carbons (Fsp3) is 0.474. The summed E-state index contributed by atoms with van der Waals surface area (Å²) in [6, 6.07) is 7.28. The number of nitrogens with zero attached hydrogens (tertiary/aromatic N) is 4.